The summed E-state index contributed by atoms with van der Waals surface area (Å²) < 4.78 is 5.47. The van der Waals surface area contributed by atoms with E-state index in [9.17, 15) is 19.8 Å². The second-order valence-corrected chi connectivity index (χ2v) is 22.1. The molecule has 0 radical (unpaired) electrons. The third-order valence-corrected chi connectivity index (χ3v) is 14.9. The van der Waals surface area contributed by atoms with Crippen LogP contribution < -0.4 is 5.32 Å². The lowest BCUT2D eigenvalue weighted by atomic mass is 10.0. The fourth-order valence-electron chi connectivity index (χ4n) is 9.96. The molecular formula is C66H125NO5. The Hall–Kier alpha value is -1.92. The van der Waals surface area contributed by atoms with Crippen LogP contribution in [-0.4, -0.2) is 47.4 Å². The molecule has 0 heterocycles. The quantitative estimate of drug-likeness (QED) is 0.0320. The van der Waals surface area contributed by atoms with Crippen molar-refractivity contribution in [1.82, 2.24) is 5.32 Å². The lowest BCUT2D eigenvalue weighted by Gasteiger charge is -2.20. The van der Waals surface area contributed by atoms with Crippen molar-refractivity contribution in [3.8, 4) is 0 Å². The Balaban J connectivity index is 3.47. The number of aliphatic hydroxyl groups excluding tert-OH is 2. The zero-order chi connectivity index (χ0) is 52.2. The Morgan fingerprint density at radius 2 is 0.694 bits per heavy atom. The van der Waals surface area contributed by atoms with Gasteiger partial charge in [0.25, 0.3) is 0 Å². The SMILES string of the molecule is CCCCCC/C=C\C/C=C\CCCCCCCC(=O)OCCCCCCCCCCCCCCCCC(=O)NC(CO)C(O)/C=C/CCCCCCCCCCCCCCCCCCCCCCCCC. The first-order valence-electron chi connectivity index (χ1n) is 32.3. The van der Waals surface area contributed by atoms with Crippen molar-refractivity contribution in [2.24, 2.45) is 0 Å². The van der Waals surface area contributed by atoms with E-state index in [0.717, 1.165) is 64.2 Å². The third-order valence-electron chi connectivity index (χ3n) is 14.9. The van der Waals surface area contributed by atoms with Gasteiger partial charge in [0, 0.05) is 12.8 Å². The molecule has 0 aromatic heterocycles. The molecule has 0 aromatic carbocycles. The van der Waals surface area contributed by atoms with Crippen LogP contribution in [0.5, 0.6) is 0 Å². The highest BCUT2D eigenvalue weighted by Gasteiger charge is 2.18. The van der Waals surface area contributed by atoms with E-state index in [4.69, 9.17) is 4.74 Å². The Morgan fingerprint density at radius 3 is 1.07 bits per heavy atom. The zero-order valence-electron chi connectivity index (χ0n) is 48.4. The van der Waals surface area contributed by atoms with E-state index < -0.39 is 12.1 Å². The predicted molar refractivity (Wildman–Crippen MR) is 315 cm³/mol. The number of unbranched alkanes of at least 4 members (excludes halogenated alkanes) is 45. The highest BCUT2D eigenvalue weighted by atomic mass is 16.5. The van der Waals surface area contributed by atoms with E-state index in [-0.39, 0.29) is 18.5 Å². The molecular weight excluding hydrogens is 887 g/mol. The van der Waals surface area contributed by atoms with Crippen molar-refractivity contribution in [2.75, 3.05) is 13.2 Å². The lowest BCUT2D eigenvalue weighted by molar-refractivity contribution is -0.143. The fraction of sp³-hybridized carbons (Fsp3) is 0.879. The number of carbonyl (C=O) groups excluding carboxylic acids is 2. The first-order valence-corrected chi connectivity index (χ1v) is 32.3. The third kappa shape index (κ3) is 57.4. The predicted octanol–water partition coefficient (Wildman–Crippen LogP) is 20.4. The van der Waals surface area contributed by atoms with Gasteiger partial charge in [-0.15, -0.1) is 0 Å². The van der Waals surface area contributed by atoms with Gasteiger partial charge in [-0.05, 0) is 64.2 Å². The zero-order valence-corrected chi connectivity index (χ0v) is 48.4. The Labute approximate surface area is 449 Å². The number of amides is 1. The summed E-state index contributed by atoms with van der Waals surface area (Å²) in [5.74, 6) is -0.0921. The molecule has 2 atom stereocenters. The standard InChI is InChI=1S/C66H125NO5/c1-3-5-7-9-11-13-15-17-19-21-22-23-24-25-26-27-28-29-30-34-38-42-46-50-54-58-64(69)63(62-68)67-65(70)59-55-51-47-43-39-35-32-33-37-41-45-49-53-57-61-72-66(71)60-56-52-48-44-40-36-31-20-18-16-14-12-10-8-6-4-2/h14,16,20,31,54,58,63-64,68-69H,3-13,15,17-19,21-30,32-53,55-57,59-62H2,1-2H3,(H,67,70)/b16-14-,31-20-,58-54+. The summed E-state index contributed by atoms with van der Waals surface area (Å²) in [5, 5.41) is 23.2. The van der Waals surface area contributed by atoms with Crippen molar-refractivity contribution >= 4 is 11.9 Å². The molecule has 0 bridgehead atoms. The van der Waals surface area contributed by atoms with Crippen molar-refractivity contribution < 1.29 is 24.5 Å². The smallest absolute Gasteiger partial charge is 0.305 e. The molecule has 0 spiro atoms. The molecule has 1 amide bonds. The van der Waals surface area contributed by atoms with E-state index in [1.54, 1.807) is 6.08 Å². The minimum absolute atomic E-state index is 0.0162. The van der Waals surface area contributed by atoms with E-state index in [1.165, 1.54) is 257 Å². The lowest BCUT2D eigenvalue weighted by Crippen LogP contribution is -2.45. The number of allylic oxidation sites excluding steroid dienone is 5. The number of hydrogen-bond donors (Lipinski definition) is 3. The normalized spacial score (nSPS) is 12.8. The minimum Gasteiger partial charge on any atom is -0.466 e. The maximum atomic E-state index is 12.5. The second kappa shape index (κ2) is 61.6. The number of esters is 1. The summed E-state index contributed by atoms with van der Waals surface area (Å²) in [4.78, 5) is 24.6. The van der Waals surface area contributed by atoms with Gasteiger partial charge in [0.2, 0.25) is 5.91 Å². The first kappa shape index (κ1) is 70.1. The second-order valence-electron chi connectivity index (χ2n) is 22.1. The Kier molecular flexibility index (Phi) is 60.0. The van der Waals surface area contributed by atoms with E-state index in [2.05, 4.69) is 43.5 Å². The van der Waals surface area contributed by atoms with Gasteiger partial charge in [-0.2, -0.15) is 0 Å². The summed E-state index contributed by atoms with van der Waals surface area (Å²) in [6.07, 6.45) is 77.6. The molecule has 0 aliphatic carbocycles. The van der Waals surface area contributed by atoms with Crippen LogP contribution in [0, 0.1) is 0 Å². The largest absolute Gasteiger partial charge is 0.466 e. The van der Waals surface area contributed by atoms with Crippen LogP contribution in [0.25, 0.3) is 0 Å². The van der Waals surface area contributed by atoms with Crippen molar-refractivity contribution in [3.05, 3.63) is 36.5 Å². The number of hydrogen-bond acceptors (Lipinski definition) is 5. The molecule has 0 fully saturated rings. The van der Waals surface area contributed by atoms with Crippen LogP contribution in [0.3, 0.4) is 0 Å². The number of rotatable bonds is 60. The van der Waals surface area contributed by atoms with Gasteiger partial charge in [-0.3, -0.25) is 9.59 Å². The van der Waals surface area contributed by atoms with Crippen molar-refractivity contribution in [2.45, 2.75) is 360 Å². The van der Waals surface area contributed by atoms with Gasteiger partial charge in [0.1, 0.15) is 0 Å². The minimum atomic E-state index is -0.854. The highest BCUT2D eigenvalue weighted by molar-refractivity contribution is 5.76. The highest BCUT2D eigenvalue weighted by Crippen LogP contribution is 2.18. The molecule has 0 saturated carbocycles. The molecule has 0 saturated heterocycles. The van der Waals surface area contributed by atoms with Crippen LogP contribution >= 0.6 is 0 Å². The van der Waals surface area contributed by atoms with E-state index in [1.807, 2.05) is 6.08 Å². The molecule has 0 rings (SSSR count). The van der Waals surface area contributed by atoms with Crippen molar-refractivity contribution in [1.29, 1.82) is 0 Å². The van der Waals surface area contributed by atoms with Crippen LogP contribution in [0.15, 0.2) is 36.5 Å². The fourth-order valence-corrected chi connectivity index (χ4v) is 9.96. The summed E-state index contributed by atoms with van der Waals surface area (Å²) in [6, 6.07) is -0.638. The van der Waals surface area contributed by atoms with Crippen LogP contribution in [0.2, 0.25) is 0 Å². The van der Waals surface area contributed by atoms with E-state index >= 15 is 0 Å². The molecule has 72 heavy (non-hydrogen) atoms. The van der Waals surface area contributed by atoms with Gasteiger partial charge in [-0.1, -0.05) is 307 Å². The summed E-state index contributed by atoms with van der Waals surface area (Å²) >= 11 is 0. The summed E-state index contributed by atoms with van der Waals surface area (Å²) in [5.41, 5.74) is 0. The number of nitrogens with one attached hydrogen (secondary N) is 1. The molecule has 0 aliphatic rings. The molecule has 424 valence electrons. The summed E-state index contributed by atoms with van der Waals surface area (Å²) in [7, 11) is 0. The number of carbonyl (C=O) groups is 2. The molecule has 2 unspecified atom stereocenters. The maximum Gasteiger partial charge on any atom is 0.305 e. The molecule has 6 heteroatoms. The average Bonchev–Trinajstić information content (AvgIpc) is 3.38. The van der Waals surface area contributed by atoms with E-state index in [0.29, 0.717) is 19.4 Å². The van der Waals surface area contributed by atoms with Gasteiger partial charge in [-0.25, -0.2) is 0 Å². The summed E-state index contributed by atoms with van der Waals surface area (Å²) in [6.45, 7) is 4.88. The van der Waals surface area contributed by atoms with Gasteiger partial charge < -0.3 is 20.3 Å². The average molecular weight is 1010 g/mol. The number of ether oxygens (including phenoxy) is 1. The molecule has 3 N–H and O–H groups in total. The van der Waals surface area contributed by atoms with Gasteiger partial charge in [0.05, 0.1) is 25.4 Å². The van der Waals surface area contributed by atoms with Gasteiger partial charge >= 0.3 is 5.97 Å². The topological polar surface area (TPSA) is 95.9 Å². The maximum absolute atomic E-state index is 12.5. The Bertz CT molecular complexity index is 1170. The number of aliphatic hydroxyl groups is 2. The first-order chi connectivity index (χ1) is 35.5. The Morgan fingerprint density at radius 1 is 0.389 bits per heavy atom. The van der Waals surface area contributed by atoms with Crippen LogP contribution in [-0.2, 0) is 14.3 Å². The van der Waals surface area contributed by atoms with Crippen molar-refractivity contribution in [3.63, 3.8) is 0 Å². The molecule has 0 aromatic rings. The molecule has 0 aliphatic heterocycles. The van der Waals surface area contributed by atoms with Crippen LogP contribution in [0.1, 0.15) is 348 Å². The molecule has 6 nitrogen and oxygen atoms in total. The van der Waals surface area contributed by atoms with Crippen LogP contribution in [0.4, 0.5) is 0 Å². The van der Waals surface area contributed by atoms with Gasteiger partial charge in [0.15, 0.2) is 0 Å². The monoisotopic (exact) mass is 1010 g/mol.